The summed E-state index contributed by atoms with van der Waals surface area (Å²) in [5.41, 5.74) is 0.929. The van der Waals surface area contributed by atoms with Gasteiger partial charge in [0.15, 0.2) is 11.5 Å². The highest BCUT2D eigenvalue weighted by Crippen LogP contribution is 2.31. The molecule has 0 atom stereocenters. The molecule has 1 N–H and O–H groups in total. The smallest absolute Gasteiger partial charge is 0.338 e. The molecule has 39 heavy (non-hydrogen) atoms. The van der Waals surface area contributed by atoms with Crippen molar-refractivity contribution in [2.45, 2.75) is 20.5 Å². The summed E-state index contributed by atoms with van der Waals surface area (Å²) < 4.78 is 30.3. The van der Waals surface area contributed by atoms with Gasteiger partial charge in [-0.3, -0.25) is 14.9 Å². The molecular weight excluding hydrogens is 507 g/mol. The molecule has 10 heteroatoms. The van der Waals surface area contributed by atoms with Crippen molar-refractivity contribution in [3.63, 3.8) is 0 Å². The molecule has 1 aliphatic rings. The number of amides is 4. The van der Waals surface area contributed by atoms with Gasteiger partial charge in [-0.05, 0) is 68.0 Å². The number of benzene rings is 3. The second-order valence-corrected chi connectivity index (χ2v) is 8.24. The molecule has 0 aliphatic carbocycles. The third kappa shape index (κ3) is 6.12. The van der Waals surface area contributed by atoms with Gasteiger partial charge in [-0.2, -0.15) is 0 Å². The van der Waals surface area contributed by atoms with E-state index in [1.807, 2.05) is 0 Å². The van der Waals surface area contributed by atoms with Crippen molar-refractivity contribution in [1.29, 1.82) is 0 Å². The summed E-state index contributed by atoms with van der Waals surface area (Å²) in [6.45, 7) is 3.94. The summed E-state index contributed by atoms with van der Waals surface area (Å²) in [4.78, 5) is 51.1. The van der Waals surface area contributed by atoms with E-state index in [1.165, 1.54) is 36.4 Å². The number of rotatable bonds is 9. The van der Waals surface area contributed by atoms with E-state index in [4.69, 9.17) is 14.2 Å². The number of carbonyl (C=O) groups is 4. The molecule has 9 nitrogen and oxygen atoms in total. The lowest BCUT2D eigenvalue weighted by Crippen LogP contribution is -2.54. The molecule has 1 fully saturated rings. The van der Waals surface area contributed by atoms with Crippen LogP contribution in [0.25, 0.3) is 6.08 Å². The number of hydrogen-bond acceptors (Lipinski definition) is 7. The number of imide groups is 2. The minimum Gasteiger partial charge on any atom is -0.490 e. The summed E-state index contributed by atoms with van der Waals surface area (Å²) in [5.74, 6) is -1.96. The van der Waals surface area contributed by atoms with Crippen LogP contribution in [0.2, 0.25) is 0 Å². The first-order valence-corrected chi connectivity index (χ1v) is 12.1. The highest BCUT2D eigenvalue weighted by atomic mass is 19.1. The van der Waals surface area contributed by atoms with Crippen LogP contribution in [0, 0.1) is 5.82 Å². The largest absolute Gasteiger partial charge is 0.490 e. The zero-order chi connectivity index (χ0) is 27.9. The Kier molecular flexibility index (Phi) is 8.35. The Balaban J connectivity index is 1.59. The highest BCUT2D eigenvalue weighted by molar-refractivity contribution is 6.39. The van der Waals surface area contributed by atoms with E-state index in [0.717, 1.165) is 4.90 Å². The molecule has 200 valence electrons. The summed E-state index contributed by atoms with van der Waals surface area (Å²) >= 11 is 0. The third-order valence-corrected chi connectivity index (χ3v) is 5.66. The molecule has 0 spiro atoms. The molecule has 3 aromatic rings. The Hall–Kier alpha value is -4.99. The van der Waals surface area contributed by atoms with E-state index in [9.17, 15) is 23.6 Å². The fraction of sp³-hybridized carbons (Fsp3) is 0.172. The number of urea groups is 1. The molecule has 0 saturated carbocycles. The van der Waals surface area contributed by atoms with Crippen LogP contribution < -0.4 is 19.7 Å². The number of carbonyl (C=O) groups excluding carboxylic acids is 4. The summed E-state index contributed by atoms with van der Waals surface area (Å²) in [6.07, 6.45) is 1.33. The molecule has 0 radical (unpaired) electrons. The van der Waals surface area contributed by atoms with Crippen LogP contribution in [0.3, 0.4) is 0 Å². The van der Waals surface area contributed by atoms with E-state index < -0.39 is 29.6 Å². The van der Waals surface area contributed by atoms with Crippen LogP contribution in [0.5, 0.6) is 11.5 Å². The molecule has 1 aliphatic heterocycles. The van der Waals surface area contributed by atoms with Crippen molar-refractivity contribution in [3.8, 4) is 11.5 Å². The lowest BCUT2D eigenvalue weighted by Gasteiger charge is -2.26. The normalized spacial score (nSPS) is 14.3. The minimum absolute atomic E-state index is 0.0277. The first-order chi connectivity index (χ1) is 18.8. The Morgan fingerprint density at radius 1 is 0.923 bits per heavy atom. The summed E-state index contributed by atoms with van der Waals surface area (Å²) in [5, 5.41) is 2.16. The zero-order valence-electron chi connectivity index (χ0n) is 21.2. The van der Waals surface area contributed by atoms with Gasteiger partial charge in [-0.1, -0.05) is 24.3 Å². The quantitative estimate of drug-likeness (QED) is 0.243. The van der Waals surface area contributed by atoms with E-state index >= 15 is 0 Å². The number of hydrogen-bond donors (Lipinski definition) is 1. The minimum atomic E-state index is -0.919. The van der Waals surface area contributed by atoms with Crippen molar-refractivity contribution in [2.75, 3.05) is 18.1 Å². The van der Waals surface area contributed by atoms with Crippen LogP contribution in [0.15, 0.2) is 72.3 Å². The average molecular weight is 533 g/mol. The van der Waals surface area contributed by atoms with Crippen LogP contribution in [-0.4, -0.2) is 37.0 Å². The predicted molar refractivity (Wildman–Crippen MR) is 140 cm³/mol. The van der Waals surface area contributed by atoms with Crippen molar-refractivity contribution in [2.24, 2.45) is 0 Å². The molecule has 0 unspecified atom stereocenters. The summed E-state index contributed by atoms with van der Waals surface area (Å²) in [6, 6.07) is 15.7. The van der Waals surface area contributed by atoms with Crippen LogP contribution >= 0.6 is 0 Å². The van der Waals surface area contributed by atoms with E-state index in [-0.39, 0.29) is 30.0 Å². The van der Waals surface area contributed by atoms with Gasteiger partial charge in [0.25, 0.3) is 11.8 Å². The number of esters is 1. The lowest BCUT2D eigenvalue weighted by atomic mass is 10.1. The van der Waals surface area contributed by atoms with Crippen molar-refractivity contribution in [3.05, 3.63) is 94.8 Å². The SMILES string of the molecule is CCOC(=O)c1ccc(N2C(=O)NC(=O)/C(=C\c3ccc(OCc4ccccc4F)c(OCC)c3)C2=O)cc1. The predicted octanol–water partition coefficient (Wildman–Crippen LogP) is 4.65. The first kappa shape index (κ1) is 27.1. The molecule has 1 saturated heterocycles. The van der Waals surface area contributed by atoms with E-state index in [2.05, 4.69) is 5.32 Å². The Bertz CT molecular complexity index is 1450. The molecule has 0 bridgehead atoms. The van der Waals surface area contributed by atoms with Crippen molar-refractivity contribution < 1.29 is 37.8 Å². The summed E-state index contributed by atoms with van der Waals surface area (Å²) in [7, 11) is 0. The van der Waals surface area contributed by atoms with Gasteiger partial charge < -0.3 is 14.2 Å². The number of nitrogens with zero attached hydrogens (tertiary/aromatic N) is 1. The van der Waals surface area contributed by atoms with Crippen LogP contribution in [0.4, 0.5) is 14.9 Å². The first-order valence-electron chi connectivity index (χ1n) is 12.1. The van der Waals surface area contributed by atoms with Gasteiger partial charge in [0.1, 0.15) is 18.0 Å². The maximum absolute atomic E-state index is 14.0. The fourth-order valence-corrected chi connectivity index (χ4v) is 3.79. The van der Waals surface area contributed by atoms with Gasteiger partial charge in [0.2, 0.25) is 0 Å². The second kappa shape index (κ2) is 12.0. The van der Waals surface area contributed by atoms with Crippen molar-refractivity contribution in [1.82, 2.24) is 5.32 Å². The van der Waals surface area contributed by atoms with Crippen molar-refractivity contribution >= 4 is 35.6 Å². The Labute approximate surface area is 223 Å². The maximum atomic E-state index is 14.0. The molecule has 4 rings (SSSR count). The Morgan fingerprint density at radius 2 is 1.67 bits per heavy atom. The van der Waals surface area contributed by atoms with Crippen LogP contribution in [-0.2, 0) is 20.9 Å². The molecular formula is C29H25FN2O7. The fourth-order valence-electron chi connectivity index (χ4n) is 3.79. The standard InChI is InChI=1S/C29H25FN2O7/c1-3-37-25-16-18(9-14-24(25)39-17-20-7-5-6-8-23(20)30)15-22-26(33)31-29(36)32(27(22)34)21-12-10-19(11-13-21)28(35)38-4-2/h5-16H,3-4,17H2,1-2H3,(H,31,33,36)/b22-15+. The number of ether oxygens (including phenoxy) is 3. The number of nitrogens with one attached hydrogen (secondary N) is 1. The number of anilines is 1. The van der Waals surface area contributed by atoms with E-state index in [0.29, 0.717) is 29.2 Å². The third-order valence-electron chi connectivity index (χ3n) is 5.66. The molecule has 4 amide bonds. The van der Waals surface area contributed by atoms with Gasteiger partial charge in [0, 0.05) is 5.56 Å². The van der Waals surface area contributed by atoms with Gasteiger partial charge in [-0.25, -0.2) is 18.9 Å². The highest BCUT2D eigenvalue weighted by Gasteiger charge is 2.37. The zero-order valence-corrected chi connectivity index (χ0v) is 21.2. The van der Waals surface area contributed by atoms with E-state index in [1.54, 1.807) is 50.2 Å². The van der Waals surface area contributed by atoms with Gasteiger partial charge >= 0.3 is 12.0 Å². The molecule has 0 aromatic heterocycles. The number of halogens is 1. The maximum Gasteiger partial charge on any atom is 0.338 e. The second-order valence-electron chi connectivity index (χ2n) is 8.24. The van der Waals surface area contributed by atoms with Crippen LogP contribution in [0.1, 0.15) is 35.3 Å². The Morgan fingerprint density at radius 3 is 2.36 bits per heavy atom. The van der Waals surface area contributed by atoms with Gasteiger partial charge in [-0.15, -0.1) is 0 Å². The molecule has 1 heterocycles. The number of barbiturate groups is 1. The molecule has 3 aromatic carbocycles. The average Bonchev–Trinajstić information content (AvgIpc) is 2.92. The van der Waals surface area contributed by atoms with Gasteiger partial charge in [0.05, 0.1) is 24.5 Å². The topological polar surface area (TPSA) is 111 Å². The lowest BCUT2D eigenvalue weighted by molar-refractivity contribution is -0.122. The monoisotopic (exact) mass is 532 g/mol.